The van der Waals surface area contributed by atoms with Crippen LogP contribution in [0.4, 0.5) is 0 Å². The van der Waals surface area contributed by atoms with E-state index in [9.17, 15) is 18.0 Å². The summed E-state index contributed by atoms with van der Waals surface area (Å²) in [4.78, 5) is 25.8. The lowest BCUT2D eigenvalue weighted by Crippen LogP contribution is -2.39. The van der Waals surface area contributed by atoms with Crippen LogP contribution in [0.2, 0.25) is 0 Å². The van der Waals surface area contributed by atoms with Crippen molar-refractivity contribution in [1.82, 2.24) is 14.9 Å². The zero-order valence-corrected chi connectivity index (χ0v) is 19.1. The molecule has 0 radical (unpaired) electrons. The number of ketones is 1. The molecule has 0 saturated carbocycles. The molecule has 2 rings (SSSR count). The molecule has 1 saturated heterocycles. The third-order valence-electron chi connectivity index (χ3n) is 5.38. The molecule has 2 unspecified atom stereocenters. The fraction of sp³-hybridized carbons (Fsp3) is 0.636. The lowest BCUT2D eigenvalue weighted by Gasteiger charge is -2.34. The molecule has 0 spiro atoms. The van der Waals surface area contributed by atoms with Crippen molar-refractivity contribution in [2.75, 3.05) is 32.7 Å². The summed E-state index contributed by atoms with van der Waals surface area (Å²) in [7, 11) is -3.70. The largest absolute Gasteiger partial charge is 0.356 e. The summed E-state index contributed by atoms with van der Waals surface area (Å²) in [6, 6.07) is 5.75. The first kappa shape index (κ1) is 24.5. The van der Waals surface area contributed by atoms with Crippen molar-refractivity contribution >= 4 is 21.7 Å². The minimum absolute atomic E-state index is 0.0339. The molecule has 1 amide bonds. The van der Waals surface area contributed by atoms with Crippen LogP contribution >= 0.6 is 0 Å². The second kappa shape index (κ2) is 11.6. The lowest BCUT2D eigenvalue weighted by atomic mass is 9.92. The Hall–Kier alpha value is -1.77. The molecule has 30 heavy (non-hydrogen) atoms. The van der Waals surface area contributed by atoms with Gasteiger partial charge in [-0.15, -0.1) is 0 Å². The number of rotatable bonds is 11. The van der Waals surface area contributed by atoms with Crippen molar-refractivity contribution in [3.8, 4) is 0 Å². The van der Waals surface area contributed by atoms with Gasteiger partial charge in [0.05, 0.1) is 4.90 Å². The van der Waals surface area contributed by atoms with E-state index in [0.29, 0.717) is 12.1 Å². The molecule has 2 N–H and O–H groups in total. The second-order valence-corrected chi connectivity index (χ2v) is 10.3. The first-order chi connectivity index (χ1) is 14.2. The van der Waals surface area contributed by atoms with Gasteiger partial charge in [-0.25, -0.2) is 13.1 Å². The van der Waals surface area contributed by atoms with E-state index in [-0.39, 0.29) is 29.6 Å². The zero-order valence-electron chi connectivity index (χ0n) is 18.3. The quantitative estimate of drug-likeness (QED) is 0.409. The number of unbranched alkanes of at least 4 members (excludes halogenated alkanes) is 1. The Bertz CT molecular complexity index is 798. The van der Waals surface area contributed by atoms with E-state index >= 15 is 0 Å². The van der Waals surface area contributed by atoms with Crippen molar-refractivity contribution in [2.45, 2.75) is 51.3 Å². The highest BCUT2D eigenvalue weighted by atomic mass is 32.2. The molecule has 0 aromatic heterocycles. The topological polar surface area (TPSA) is 95.6 Å². The Morgan fingerprint density at radius 1 is 1.03 bits per heavy atom. The van der Waals surface area contributed by atoms with Crippen molar-refractivity contribution in [2.24, 2.45) is 11.8 Å². The number of hydrogen-bond acceptors (Lipinski definition) is 5. The molecule has 0 aliphatic carbocycles. The van der Waals surface area contributed by atoms with E-state index in [1.807, 2.05) is 0 Å². The van der Waals surface area contributed by atoms with Crippen molar-refractivity contribution in [3.63, 3.8) is 0 Å². The number of Topliss-reactive ketones (excluding diaryl/α,β-unsaturated/α-hetero) is 1. The predicted octanol–water partition coefficient (Wildman–Crippen LogP) is 2.43. The average Bonchev–Trinajstić information content (AvgIpc) is 2.67. The van der Waals surface area contributed by atoms with Crippen LogP contribution in [0.3, 0.4) is 0 Å². The standard InChI is InChI=1S/C22H35N3O4S/c1-17-14-18(2)16-25(15-17)13-5-4-11-23-22(27)10-12-24-30(28,29)21-8-6-20(7-9-21)19(3)26/h6-9,17-18,24H,4-5,10-16H2,1-3H3,(H,23,27). The molecule has 1 aromatic carbocycles. The van der Waals surface area contributed by atoms with Gasteiger partial charge in [0.1, 0.15) is 0 Å². The average molecular weight is 438 g/mol. The molecule has 8 heteroatoms. The number of carbonyl (C=O) groups is 2. The fourth-order valence-corrected chi connectivity index (χ4v) is 5.03. The van der Waals surface area contributed by atoms with Crippen LogP contribution in [0, 0.1) is 11.8 Å². The summed E-state index contributed by atoms with van der Waals surface area (Å²) >= 11 is 0. The Labute approximate surface area is 180 Å². The van der Waals surface area contributed by atoms with Gasteiger partial charge >= 0.3 is 0 Å². The predicted molar refractivity (Wildman–Crippen MR) is 118 cm³/mol. The summed E-state index contributed by atoms with van der Waals surface area (Å²) in [6.45, 7) is 10.1. The van der Waals surface area contributed by atoms with E-state index in [1.165, 1.54) is 37.6 Å². The highest BCUT2D eigenvalue weighted by molar-refractivity contribution is 7.89. The Morgan fingerprint density at radius 3 is 2.27 bits per heavy atom. The lowest BCUT2D eigenvalue weighted by molar-refractivity contribution is -0.120. The molecule has 1 aliphatic rings. The van der Waals surface area contributed by atoms with Crippen LogP contribution < -0.4 is 10.0 Å². The van der Waals surface area contributed by atoms with Crippen molar-refractivity contribution in [3.05, 3.63) is 29.8 Å². The molecule has 1 aromatic rings. The molecule has 7 nitrogen and oxygen atoms in total. The first-order valence-electron chi connectivity index (χ1n) is 10.8. The summed E-state index contributed by atoms with van der Waals surface area (Å²) in [5.74, 6) is 1.22. The number of sulfonamides is 1. The Morgan fingerprint density at radius 2 is 1.67 bits per heavy atom. The second-order valence-electron chi connectivity index (χ2n) is 8.49. The number of amides is 1. The minimum atomic E-state index is -3.70. The maximum atomic E-state index is 12.3. The van der Waals surface area contributed by atoms with Crippen LogP contribution in [0.15, 0.2) is 29.2 Å². The monoisotopic (exact) mass is 437 g/mol. The summed E-state index contributed by atoms with van der Waals surface area (Å²) in [6.07, 6.45) is 3.35. The number of benzene rings is 1. The number of piperidine rings is 1. The summed E-state index contributed by atoms with van der Waals surface area (Å²) < 4.78 is 26.9. The molecular formula is C22H35N3O4S. The van der Waals surface area contributed by atoms with Crippen LogP contribution in [-0.2, 0) is 14.8 Å². The smallest absolute Gasteiger partial charge is 0.240 e. The maximum absolute atomic E-state index is 12.3. The summed E-state index contributed by atoms with van der Waals surface area (Å²) in [5, 5.41) is 2.85. The molecule has 2 atom stereocenters. The fourth-order valence-electron chi connectivity index (χ4n) is 4.00. The third-order valence-corrected chi connectivity index (χ3v) is 6.86. The number of carbonyl (C=O) groups excluding carboxylic acids is 2. The number of hydrogen-bond donors (Lipinski definition) is 2. The normalized spacial score (nSPS) is 20.1. The van der Waals surface area contributed by atoms with Crippen molar-refractivity contribution in [1.29, 1.82) is 0 Å². The van der Waals surface area contributed by atoms with Gasteiger partial charge in [-0.2, -0.15) is 0 Å². The molecule has 1 fully saturated rings. The SMILES string of the molecule is CC(=O)c1ccc(S(=O)(=O)NCCC(=O)NCCCCN2CC(C)CC(C)C2)cc1. The van der Waals surface area contributed by atoms with Gasteiger partial charge in [0, 0.05) is 38.2 Å². The van der Waals surface area contributed by atoms with Crippen molar-refractivity contribution < 1.29 is 18.0 Å². The van der Waals surface area contributed by atoms with E-state index in [1.54, 1.807) is 0 Å². The molecule has 1 aliphatic heterocycles. The van der Waals surface area contributed by atoms with Crippen LogP contribution in [0.25, 0.3) is 0 Å². The number of nitrogens with one attached hydrogen (secondary N) is 2. The van der Waals surface area contributed by atoms with Crippen LogP contribution in [-0.4, -0.2) is 57.7 Å². The maximum Gasteiger partial charge on any atom is 0.240 e. The van der Waals surface area contributed by atoms with Gasteiger partial charge in [-0.1, -0.05) is 26.0 Å². The van der Waals surface area contributed by atoms with E-state index in [4.69, 9.17) is 0 Å². The van der Waals surface area contributed by atoms with Gasteiger partial charge in [0.2, 0.25) is 15.9 Å². The Kier molecular flexibility index (Phi) is 9.45. The van der Waals surface area contributed by atoms with E-state index in [0.717, 1.165) is 44.3 Å². The van der Waals surface area contributed by atoms with E-state index < -0.39 is 10.0 Å². The highest BCUT2D eigenvalue weighted by Crippen LogP contribution is 2.20. The van der Waals surface area contributed by atoms with Crippen LogP contribution in [0.5, 0.6) is 0 Å². The molecule has 1 heterocycles. The van der Waals surface area contributed by atoms with Gasteiger partial charge in [-0.05, 0) is 56.7 Å². The van der Waals surface area contributed by atoms with Gasteiger partial charge in [0.15, 0.2) is 5.78 Å². The number of nitrogens with zero attached hydrogens (tertiary/aromatic N) is 1. The third kappa shape index (κ3) is 8.16. The van der Waals surface area contributed by atoms with Gasteiger partial charge in [-0.3, -0.25) is 9.59 Å². The van der Waals surface area contributed by atoms with Gasteiger partial charge in [0.25, 0.3) is 0 Å². The number of likely N-dealkylation sites (tertiary alicyclic amines) is 1. The highest BCUT2D eigenvalue weighted by Gasteiger charge is 2.21. The first-order valence-corrected chi connectivity index (χ1v) is 12.3. The minimum Gasteiger partial charge on any atom is -0.356 e. The summed E-state index contributed by atoms with van der Waals surface area (Å²) in [5.41, 5.74) is 0.456. The zero-order chi connectivity index (χ0) is 22.1. The molecular weight excluding hydrogens is 402 g/mol. The van der Waals surface area contributed by atoms with Gasteiger partial charge < -0.3 is 10.2 Å². The molecule has 0 bridgehead atoms. The van der Waals surface area contributed by atoms with Crippen LogP contribution in [0.1, 0.15) is 56.8 Å². The van der Waals surface area contributed by atoms with E-state index in [2.05, 4.69) is 28.8 Å². The Balaban J connectivity index is 1.61. The molecule has 168 valence electrons.